The molecule has 6 heteroatoms. The van der Waals surface area contributed by atoms with Crippen molar-refractivity contribution in [2.24, 2.45) is 0 Å². The summed E-state index contributed by atoms with van der Waals surface area (Å²) in [6, 6.07) is 17.6. The number of hydrogen-bond acceptors (Lipinski definition) is 5. The summed E-state index contributed by atoms with van der Waals surface area (Å²) in [4.78, 5) is 9.44. The summed E-state index contributed by atoms with van der Waals surface area (Å²) in [5, 5.41) is 11.3. The number of anilines is 2. The van der Waals surface area contributed by atoms with Gasteiger partial charge in [0.25, 0.3) is 0 Å². The lowest BCUT2D eigenvalue weighted by Gasteiger charge is -2.11. The maximum Gasteiger partial charge on any atom is 0.162 e. The topological polar surface area (TPSA) is 75.7 Å². The van der Waals surface area contributed by atoms with E-state index in [1.165, 1.54) is 0 Å². The molecule has 2 aromatic heterocycles. The van der Waals surface area contributed by atoms with Crippen molar-refractivity contribution in [2.75, 3.05) is 12.4 Å². The van der Waals surface area contributed by atoms with E-state index in [-0.39, 0.29) is 0 Å². The number of H-pyrrole nitrogens is 1. The Bertz CT molecular complexity index is 1030. The van der Waals surface area contributed by atoms with Crippen LogP contribution < -0.4 is 10.1 Å². The normalized spacial score (nSPS) is 10.8. The Kier molecular flexibility index (Phi) is 3.78. The van der Waals surface area contributed by atoms with Crippen molar-refractivity contribution < 1.29 is 4.74 Å². The van der Waals surface area contributed by atoms with Crippen LogP contribution in [0.4, 0.5) is 11.6 Å². The van der Waals surface area contributed by atoms with Crippen molar-refractivity contribution in [3.05, 3.63) is 60.3 Å². The molecule has 0 bridgehead atoms. The van der Waals surface area contributed by atoms with Crippen molar-refractivity contribution in [1.82, 2.24) is 20.2 Å². The van der Waals surface area contributed by atoms with E-state index in [1.807, 2.05) is 61.5 Å². The first-order valence-electron chi connectivity index (χ1n) is 7.94. The fourth-order valence-electron chi connectivity index (χ4n) is 2.71. The van der Waals surface area contributed by atoms with Crippen molar-refractivity contribution in [2.45, 2.75) is 6.92 Å². The summed E-state index contributed by atoms with van der Waals surface area (Å²) in [7, 11) is 1.64. The molecule has 0 atom stereocenters. The number of methoxy groups -OCH3 is 1. The molecule has 4 rings (SSSR count). The quantitative estimate of drug-likeness (QED) is 0.589. The summed E-state index contributed by atoms with van der Waals surface area (Å²) in [6.07, 6.45) is 0. The molecule has 25 heavy (non-hydrogen) atoms. The summed E-state index contributed by atoms with van der Waals surface area (Å²) >= 11 is 0. The Hall–Kier alpha value is -3.41. The molecule has 0 saturated carbocycles. The summed E-state index contributed by atoms with van der Waals surface area (Å²) < 4.78 is 5.49. The zero-order chi connectivity index (χ0) is 17.2. The van der Waals surface area contributed by atoms with Gasteiger partial charge in [-0.05, 0) is 19.1 Å². The number of fused-ring (bicyclic) bond motifs is 1. The molecular weight excluding hydrogens is 314 g/mol. The fourth-order valence-corrected chi connectivity index (χ4v) is 2.71. The first kappa shape index (κ1) is 15.1. The van der Waals surface area contributed by atoms with Crippen LogP contribution in [0.5, 0.6) is 5.75 Å². The SMILES string of the molecule is COc1cccc2c(Nc3cc(C)[nH]n3)nc(-c3ccccc3)nc12. The van der Waals surface area contributed by atoms with Crippen LogP contribution in [0.2, 0.25) is 0 Å². The highest BCUT2D eigenvalue weighted by Crippen LogP contribution is 2.31. The zero-order valence-corrected chi connectivity index (χ0v) is 13.9. The van der Waals surface area contributed by atoms with Crippen molar-refractivity contribution in [3.8, 4) is 17.1 Å². The van der Waals surface area contributed by atoms with E-state index in [2.05, 4.69) is 15.5 Å². The maximum absolute atomic E-state index is 5.49. The third-order valence-corrected chi connectivity index (χ3v) is 3.89. The van der Waals surface area contributed by atoms with Crippen LogP contribution in [-0.4, -0.2) is 27.3 Å². The number of aromatic nitrogens is 4. The molecule has 0 unspecified atom stereocenters. The Labute approximate surface area is 144 Å². The number of hydrogen-bond donors (Lipinski definition) is 2. The van der Waals surface area contributed by atoms with Crippen LogP contribution >= 0.6 is 0 Å². The molecule has 0 aliphatic rings. The molecule has 2 N–H and O–H groups in total. The number of aryl methyl sites for hydroxylation is 1. The smallest absolute Gasteiger partial charge is 0.162 e. The van der Waals surface area contributed by atoms with Gasteiger partial charge in [0.1, 0.15) is 17.1 Å². The Morgan fingerprint density at radius 1 is 1.00 bits per heavy atom. The fraction of sp³-hybridized carbons (Fsp3) is 0.105. The molecule has 6 nitrogen and oxygen atoms in total. The van der Waals surface area contributed by atoms with E-state index in [4.69, 9.17) is 14.7 Å². The summed E-state index contributed by atoms with van der Waals surface area (Å²) in [6.45, 7) is 1.95. The molecule has 0 aliphatic heterocycles. The van der Waals surface area contributed by atoms with Gasteiger partial charge in [-0.15, -0.1) is 0 Å². The molecular formula is C19H17N5O. The monoisotopic (exact) mass is 331 g/mol. The van der Waals surface area contributed by atoms with E-state index >= 15 is 0 Å². The Balaban J connectivity index is 1.92. The minimum Gasteiger partial charge on any atom is -0.494 e. The van der Waals surface area contributed by atoms with Crippen LogP contribution in [0.15, 0.2) is 54.6 Å². The average molecular weight is 331 g/mol. The molecule has 0 fully saturated rings. The summed E-state index contributed by atoms with van der Waals surface area (Å²) in [5.74, 6) is 2.74. The molecule has 0 saturated heterocycles. The van der Waals surface area contributed by atoms with Crippen LogP contribution in [0.25, 0.3) is 22.3 Å². The highest BCUT2D eigenvalue weighted by Gasteiger charge is 2.13. The van der Waals surface area contributed by atoms with Crippen LogP contribution in [0, 0.1) is 6.92 Å². The first-order chi connectivity index (χ1) is 12.2. The first-order valence-corrected chi connectivity index (χ1v) is 7.94. The van der Waals surface area contributed by atoms with E-state index in [0.717, 1.165) is 22.2 Å². The predicted octanol–water partition coefficient (Wildman–Crippen LogP) is 4.08. The lowest BCUT2D eigenvalue weighted by atomic mass is 10.1. The second-order valence-electron chi connectivity index (χ2n) is 5.68. The van der Waals surface area contributed by atoms with E-state index in [0.29, 0.717) is 23.2 Å². The van der Waals surface area contributed by atoms with Crippen LogP contribution in [-0.2, 0) is 0 Å². The van der Waals surface area contributed by atoms with Gasteiger partial charge in [-0.2, -0.15) is 5.10 Å². The number of aromatic amines is 1. The van der Waals surface area contributed by atoms with Crippen molar-refractivity contribution >= 4 is 22.5 Å². The number of ether oxygens (including phenoxy) is 1. The largest absolute Gasteiger partial charge is 0.494 e. The molecule has 124 valence electrons. The lowest BCUT2D eigenvalue weighted by Crippen LogP contribution is -2.00. The highest BCUT2D eigenvalue weighted by atomic mass is 16.5. The van der Waals surface area contributed by atoms with Crippen LogP contribution in [0.3, 0.4) is 0 Å². The standard InChI is InChI=1S/C19H17N5O/c1-12-11-16(24-23-12)20-19-14-9-6-10-15(25-2)17(14)21-18(22-19)13-7-4-3-5-8-13/h3-11H,1-2H3,(H2,20,21,22,23,24). The molecule has 4 aromatic rings. The maximum atomic E-state index is 5.49. The van der Waals surface area contributed by atoms with E-state index in [9.17, 15) is 0 Å². The van der Waals surface area contributed by atoms with Crippen molar-refractivity contribution in [1.29, 1.82) is 0 Å². The third kappa shape index (κ3) is 2.89. The third-order valence-electron chi connectivity index (χ3n) is 3.89. The predicted molar refractivity (Wildman–Crippen MR) is 98.1 cm³/mol. The van der Waals surface area contributed by atoms with Gasteiger partial charge in [0.05, 0.1) is 7.11 Å². The van der Waals surface area contributed by atoms with Gasteiger partial charge in [-0.3, -0.25) is 5.10 Å². The number of rotatable bonds is 4. The van der Waals surface area contributed by atoms with Gasteiger partial charge in [0.2, 0.25) is 0 Å². The second-order valence-corrected chi connectivity index (χ2v) is 5.68. The molecule has 2 heterocycles. The zero-order valence-electron chi connectivity index (χ0n) is 13.9. The van der Waals surface area contributed by atoms with Gasteiger partial charge < -0.3 is 10.1 Å². The van der Waals surface area contributed by atoms with Crippen LogP contribution in [0.1, 0.15) is 5.69 Å². The van der Waals surface area contributed by atoms with Gasteiger partial charge in [0, 0.05) is 22.7 Å². The minimum atomic E-state index is 0.632. The molecule has 0 spiro atoms. The number of para-hydroxylation sites is 1. The molecule has 0 radical (unpaired) electrons. The lowest BCUT2D eigenvalue weighted by molar-refractivity contribution is 0.419. The number of nitrogens with one attached hydrogen (secondary N) is 2. The van der Waals surface area contributed by atoms with Gasteiger partial charge >= 0.3 is 0 Å². The minimum absolute atomic E-state index is 0.632. The van der Waals surface area contributed by atoms with E-state index in [1.54, 1.807) is 7.11 Å². The Morgan fingerprint density at radius 3 is 2.56 bits per heavy atom. The molecule has 0 aliphatic carbocycles. The second kappa shape index (κ2) is 6.24. The summed E-state index contributed by atoms with van der Waals surface area (Å²) in [5.41, 5.74) is 2.67. The number of benzene rings is 2. The molecule has 0 amide bonds. The molecule has 2 aromatic carbocycles. The van der Waals surface area contributed by atoms with E-state index < -0.39 is 0 Å². The van der Waals surface area contributed by atoms with Gasteiger partial charge in [-0.25, -0.2) is 9.97 Å². The van der Waals surface area contributed by atoms with Gasteiger partial charge in [-0.1, -0.05) is 36.4 Å². The van der Waals surface area contributed by atoms with Gasteiger partial charge in [0.15, 0.2) is 11.6 Å². The van der Waals surface area contributed by atoms with Crippen molar-refractivity contribution in [3.63, 3.8) is 0 Å². The number of nitrogens with zero attached hydrogens (tertiary/aromatic N) is 3. The average Bonchev–Trinajstić information content (AvgIpc) is 3.06. The highest BCUT2D eigenvalue weighted by molar-refractivity contribution is 5.95. The Morgan fingerprint density at radius 2 is 1.84 bits per heavy atom.